The second-order valence-electron chi connectivity index (χ2n) is 6.30. The zero-order chi connectivity index (χ0) is 19.1. The minimum atomic E-state index is -0.437. The predicted octanol–water partition coefficient (Wildman–Crippen LogP) is 2.39. The van der Waals surface area contributed by atoms with E-state index in [9.17, 15) is 9.59 Å². The number of carbonyl (C=O) groups excluding carboxylic acids is 2. The van der Waals surface area contributed by atoms with E-state index in [0.29, 0.717) is 32.0 Å². The van der Waals surface area contributed by atoms with Crippen LogP contribution in [0.2, 0.25) is 0 Å². The summed E-state index contributed by atoms with van der Waals surface area (Å²) in [5.41, 5.74) is 2.91. The van der Waals surface area contributed by atoms with Crippen molar-refractivity contribution in [2.75, 3.05) is 19.7 Å². The number of ether oxygens (including phenoxy) is 1. The fourth-order valence-corrected chi connectivity index (χ4v) is 2.70. The van der Waals surface area contributed by atoms with Crippen LogP contribution >= 0.6 is 0 Å². The molecule has 7 nitrogen and oxygen atoms in total. The van der Waals surface area contributed by atoms with E-state index in [1.807, 2.05) is 19.9 Å². The highest BCUT2D eigenvalue weighted by atomic mass is 16.5. The number of aromatic nitrogens is 2. The van der Waals surface area contributed by atoms with Crippen molar-refractivity contribution >= 4 is 17.6 Å². The number of carbonyl (C=O) groups is 2. The summed E-state index contributed by atoms with van der Waals surface area (Å²) in [5.74, 6) is -0.494. The SMILES string of the molecule is C=CC(C=C(C)C)=NCC(=O)N1CCCn2nc(C(=O)OCC)cc2C1. The molecule has 0 spiro atoms. The van der Waals surface area contributed by atoms with Crippen molar-refractivity contribution in [1.82, 2.24) is 14.7 Å². The summed E-state index contributed by atoms with van der Waals surface area (Å²) in [6.07, 6.45) is 4.31. The van der Waals surface area contributed by atoms with E-state index < -0.39 is 5.97 Å². The zero-order valence-electron chi connectivity index (χ0n) is 15.7. The minimum Gasteiger partial charge on any atom is -0.461 e. The second-order valence-corrected chi connectivity index (χ2v) is 6.30. The fourth-order valence-electron chi connectivity index (χ4n) is 2.70. The Balaban J connectivity index is 2.09. The molecule has 1 aromatic rings. The van der Waals surface area contributed by atoms with E-state index in [-0.39, 0.29) is 18.1 Å². The number of aliphatic imine (C=N–C) groups is 1. The quantitative estimate of drug-likeness (QED) is 0.578. The van der Waals surface area contributed by atoms with Crippen molar-refractivity contribution < 1.29 is 14.3 Å². The van der Waals surface area contributed by atoms with Crippen LogP contribution in [-0.2, 0) is 22.6 Å². The van der Waals surface area contributed by atoms with Crippen LogP contribution in [0.15, 0.2) is 35.4 Å². The first-order valence-electron chi connectivity index (χ1n) is 8.78. The van der Waals surface area contributed by atoms with Crippen LogP contribution < -0.4 is 0 Å². The summed E-state index contributed by atoms with van der Waals surface area (Å²) in [4.78, 5) is 30.5. The standard InChI is InChI=1S/C19H26N4O3/c1-5-15(10-14(3)4)20-12-18(24)22-8-7-9-23-16(13-22)11-17(21-23)19(25)26-6-2/h5,10-11H,1,6-9,12-13H2,2-4H3. The van der Waals surface area contributed by atoms with Gasteiger partial charge in [-0.15, -0.1) is 0 Å². The average Bonchev–Trinajstić information content (AvgIpc) is 2.90. The van der Waals surface area contributed by atoms with Crippen molar-refractivity contribution in [3.05, 3.63) is 41.8 Å². The van der Waals surface area contributed by atoms with Crippen molar-refractivity contribution in [2.24, 2.45) is 4.99 Å². The Morgan fingerprint density at radius 3 is 2.81 bits per heavy atom. The molecule has 0 unspecified atom stereocenters. The van der Waals surface area contributed by atoms with E-state index in [2.05, 4.69) is 16.7 Å². The molecule has 2 rings (SSSR count). The van der Waals surface area contributed by atoms with E-state index in [1.165, 1.54) is 0 Å². The molecule has 140 valence electrons. The topological polar surface area (TPSA) is 76.8 Å². The Bertz CT molecular complexity index is 742. The number of rotatable bonds is 6. The summed E-state index contributed by atoms with van der Waals surface area (Å²) in [5, 5.41) is 4.30. The number of nitrogens with zero attached hydrogens (tertiary/aromatic N) is 4. The van der Waals surface area contributed by atoms with Gasteiger partial charge in [0.25, 0.3) is 0 Å². The number of amides is 1. The lowest BCUT2D eigenvalue weighted by Crippen LogP contribution is -2.32. The molecular weight excluding hydrogens is 332 g/mol. The van der Waals surface area contributed by atoms with Gasteiger partial charge in [-0.25, -0.2) is 4.79 Å². The molecule has 1 aromatic heterocycles. The molecule has 2 heterocycles. The molecule has 1 amide bonds. The first-order chi connectivity index (χ1) is 12.4. The van der Waals surface area contributed by atoms with Crippen LogP contribution in [0.25, 0.3) is 0 Å². The molecule has 0 N–H and O–H groups in total. The molecule has 1 aliphatic heterocycles. The normalized spacial score (nSPS) is 14.3. The molecule has 0 fully saturated rings. The highest BCUT2D eigenvalue weighted by Crippen LogP contribution is 2.15. The third kappa shape index (κ3) is 5.15. The van der Waals surface area contributed by atoms with Crippen LogP contribution in [0.5, 0.6) is 0 Å². The van der Waals surface area contributed by atoms with Crippen LogP contribution in [0.1, 0.15) is 43.4 Å². The van der Waals surface area contributed by atoms with Gasteiger partial charge in [-0.1, -0.05) is 12.2 Å². The summed E-state index contributed by atoms with van der Waals surface area (Å²) in [7, 11) is 0. The van der Waals surface area contributed by atoms with Gasteiger partial charge in [0.15, 0.2) is 5.69 Å². The molecule has 0 saturated carbocycles. The smallest absolute Gasteiger partial charge is 0.358 e. The van der Waals surface area contributed by atoms with E-state index >= 15 is 0 Å². The van der Waals surface area contributed by atoms with E-state index in [0.717, 1.165) is 17.7 Å². The molecule has 7 heteroatoms. The molecule has 26 heavy (non-hydrogen) atoms. The van der Waals surface area contributed by atoms with E-state index in [1.54, 1.807) is 28.6 Å². The van der Waals surface area contributed by atoms with Gasteiger partial charge >= 0.3 is 5.97 Å². The third-order valence-corrected chi connectivity index (χ3v) is 3.89. The molecular formula is C19H26N4O3. The maximum Gasteiger partial charge on any atom is 0.358 e. The fraction of sp³-hybridized carbons (Fsp3) is 0.474. The van der Waals surface area contributed by atoms with Gasteiger partial charge in [-0.05, 0) is 45.4 Å². The van der Waals surface area contributed by atoms with Gasteiger partial charge in [0.1, 0.15) is 6.54 Å². The van der Waals surface area contributed by atoms with Gasteiger partial charge in [-0.3, -0.25) is 14.5 Å². The Labute approximate surface area is 154 Å². The molecule has 0 bridgehead atoms. The van der Waals surface area contributed by atoms with Gasteiger partial charge in [0.2, 0.25) is 5.91 Å². The number of fused-ring (bicyclic) bond motifs is 1. The average molecular weight is 358 g/mol. The summed E-state index contributed by atoms with van der Waals surface area (Å²) in [6, 6.07) is 1.70. The largest absolute Gasteiger partial charge is 0.461 e. The van der Waals surface area contributed by atoms with Crippen LogP contribution in [0, 0.1) is 0 Å². The Kier molecular flexibility index (Phi) is 6.89. The van der Waals surface area contributed by atoms with Gasteiger partial charge in [0.05, 0.1) is 24.6 Å². The van der Waals surface area contributed by atoms with Crippen LogP contribution in [-0.4, -0.2) is 52.0 Å². The van der Waals surface area contributed by atoms with Crippen LogP contribution in [0.4, 0.5) is 0 Å². The maximum atomic E-state index is 12.6. The van der Waals surface area contributed by atoms with Crippen molar-refractivity contribution in [2.45, 2.75) is 40.3 Å². The minimum absolute atomic E-state index is 0.0566. The summed E-state index contributed by atoms with van der Waals surface area (Å²) in [6.45, 7) is 11.5. The Hall–Kier alpha value is -2.70. The van der Waals surface area contributed by atoms with E-state index in [4.69, 9.17) is 4.74 Å². The van der Waals surface area contributed by atoms with Crippen LogP contribution in [0.3, 0.4) is 0 Å². The third-order valence-electron chi connectivity index (χ3n) is 3.89. The lowest BCUT2D eigenvalue weighted by atomic mass is 10.2. The molecule has 0 aliphatic carbocycles. The Morgan fingerprint density at radius 2 is 2.15 bits per heavy atom. The van der Waals surface area contributed by atoms with Gasteiger partial charge in [-0.2, -0.15) is 5.10 Å². The van der Waals surface area contributed by atoms with Crippen molar-refractivity contribution in [3.63, 3.8) is 0 Å². The molecule has 1 aliphatic rings. The number of hydrogen-bond donors (Lipinski definition) is 0. The number of aryl methyl sites for hydroxylation is 1. The Morgan fingerprint density at radius 1 is 1.38 bits per heavy atom. The van der Waals surface area contributed by atoms with Gasteiger partial charge in [0, 0.05) is 13.1 Å². The van der Waals surface area contributed by atoms with Crippen molar-refractivity contribution in [1.29, 1.82) is 0 Å². The number of esters is 1. The highest BCUT2D eigenvalue weighted by molar-refractivity contribution is 6.04. The monoisotopic (exact) mass is 358 g/mol. The zero-order valence-corrected chi connectivity index (χ0v) is 15.7. The first-order valence-corrected chi connectivity index (χ1v) is 8.78. The van der Waals surface area contributed by atoms with Gasteiger partial charge < -0.3 is 9.64 Å². The second kappa shape index (κ2) is 9.12. The molecule has 0 atom stereocenters. The highest BCUT2D eigenvalue weighted by Gasteiger charge is 2.22. The number of hydrogen-bond acceptors (Lipinski definition) is 5. The molecule has 0 saturated heterocycles. The summed E-state index contributed by atoms with van der Waals surface area (Å²) >= 11 is 0. The predicted molar refractivity (Wildman–Crippen MR) is 100 cm³/mol. The lowest BCUT2D eigenvalue weighted by Gasteiger charge is -2.19. The lowest BCUT2D eigenvalue weighted by molar-refractivity contribution is -0.130. The molecule has 0 radical (unpaired) electrons. The van der Waals surface area contributed by atoms with Crippen molar-refractivity contribution in [3.8, 4) is 0 Å². The summed E-state index contributed by atoms with van der Waals surface area (Å²) < 4.78 is 6.77. The first kappa shape index (κ1) is 19.6. The number of allylic oxidation sites excluding steroid dienone is 3. The maximum absolute atomic E-state index is 12.6. The molecule has 0 aromatic carbocycles.